The fourth-order valence-corrected chi connectivity index (χ4v) is 1.28. The molecule has 0 aliphatic heterocycles. The molecule has 0 amide bonds. The van der Waals surface area contributed by atoms with Crippen molar-refractivity contribution in [1.29, 1.82) is 5.26 Å². The fraction of sp³-hybridized carbons (Fsp3) is 0.231. The first kappa shape index (κ1) is 8.26. The highest BCUT2D eigenvalue weighted by atomic mass is 16.6. The van der Waals surface area contributed by atoms with Gasteiger partial charge in [-0.05, 0) is 24.1 Å². The van der Waals surface area contributed by atoms with E-state index in [0.717, 1.165) is 6.07 Å². The average molecular weight is 299 g/mol. The number of ether oxygens (including phenoxy) is 1. The second kappa shape index (κ2) is 6.91. The number of rotatable bonds is 5. The number of nitrogens with zero attached hydrogens (tertiary/aromatic N) is 2. The van der Waals surface area contributed by atoms with Crippen LogP contribution < -0.4 is 0 Å². The van der Waals surface area contributed by atoms with Crippen LogP contribution in [0.4, 0.5) is 5.69 Å². The van der Waals surface area contributed by atoms with Gasteiger partial charge in [-0.3, -0.25) is 10.1 Å². The molecule has 1 aromatic rings. The summed E-state index contributed by atoms with van der Waals surface area (Å²) in [5.41, 5.74) is -2.26. The molecule has 21 heavy (non-hydrogen) atoms. The highest BCUT2D eigenvalue weighted by Crippen LogP contribution is 2.36. The van der Waals surface area contributed by atoms with E-state index in [2.05, 4.69) is 4.74 Å². The number of nitriles is 1. The molecule has 0 fully saturated rings. The summed E-state index contributed by atoms with van der Waals surface area (Å²) in [5.74, 6) is -3.76. The van der Waals surface area contributed by atoms with Gasteiger partial charge >= 0.3 is 11.7 Å². The van der Waals surface area contributed by atoms with Crippen molar-refractivity contribution >= 4 is 17.7 Å². The van der Waals surface area contributed by atoms with E-state index >= 15 is 0 Å². The third kappa shape index (κ3) is 3.94. The van der Waals surface area contributed by atoms with E-state index in [1.165, 1.54) is 6.07 Å². The molecule has 0 aliphatic rings. The third-order valence-electron chi connectivity index (χ3n) is 2.13. The maximum absolute atomic E-state index is 12.0. The lowest BCUT2D eigenvalue weighted by Crippen LogP contribution is -2.07. The number of nitro groups is 1. The summed E-state index contributed by atoms with van der Waals surface area (Å²) in [6.45, 7) is -7.16. The molecule has 1 rings (SSSR count). The fourth-order valence-electron chi connectivity index (χ4n) is 1.28. The van der Waals surface area contributed by atoms with Crippen LogP contribution in [0, 0.1) is 21.4 Å². The maximum Gasteiger partial charge on any atom is 0.348 e. The van der Waals surface area contributed by atoms with Crippen LogP contribution in [0.2, 0.25) is 0 Å². The van der Waals surface area contributed by atoms with Gasteiger partial charge in [0, 0.05) is 12.9 Å². The van der Waals surface area contributed by atoms with Gasteiger partial charge in [0.05, 0.1) is 14.2 Å². The summed E-state index contributed by atoms with van der Waals surface area (Å²) >= 11 is 0. The van der Waals surface area contributed by atoms with Crippen molar-refractivity contribution in [3.63, 3.8) is 0 Å². The van der Waals surface area contributed by atoms with E-state index < -0.39 is 53.4 Å². The second-order valence-electron chi connectivity index (χ2n) is 3.45. The number of aromatic hydroxyl groups is 2. The van der Waals surface area contributed by atoms with Crippen molar-refractivity contribution in [2.45, 2.75) is 13.2 Å². The first-order chi connectivity index (χ1) is 12.5. The lowest BCUT2D eigenvalue weighted by atomic mass is 10.1. The molecule has 0 atom stereocenters. The number of carbonyl (C=O) groups is 1. The molecular weight excluding hydrogens is 280 g/mol. The molecule has 0 saturated carbocycles. The van der Waals surface area contributed by atoms with Crippen LogP contribution in [0.25, 0.3) is 6.08 Å². The zero-order chi connectivity index (χ0) is 22.1. The summed E-state index contributed by atoms with van der Waals surface area (Å²) in [6, 6.07) is 2.73. The van der Waals surface area contributed by atoms with Gasteiger partial charge in [-0.1, -0.05) is 6.85 Å². The number of nitro benzene ring substituents is 1. The van der Waals surface area contributed by atoms with Crippen LogP contribution in [0.15, 0.2) is 17.7 Å². The molecule has 0 bridgehead atoms. The number of phenols is 2. The summed E-state index contributed by atoms with van der Waals surface area (Å²) < 4.78 is 54.7. The average Bonchev–Trinajstić information content (AvgIpc) is 2.53. The summed E-state index contributed by atoms with van der Waals surface area (Å²) in [7, 11) is 0. The first-order valence-electron chi connectivity index (χ1n) is 8.60. The van der Waals surface area contributed by atoms with E-state index in [-0.39, 0.29) is 5.56 Å². The Balaban J connectivity index is 3.31. The Hall–Kier alpha value is -3.08. The van der Waals surface area contributed by atoms with Gasteiger partial charge in [0.25, 0.3) is 0 Å². The Bertz CT molecular complexity index is 889. The minimum Gasteiger partial charge on any atom is -0.504 e. The molecule has 0 heterocycles. The van der Waals surface area contributed by atoms with Crippen LogP contribution in [-0.2, 0) is 9.53 Å². The van der Waals surface area contributed by atoms with Crippen molar-refractivity contribution in [2.75, 3.05) is 6.56 Å². The number of phenolic OH excluding ortho intramolecular Hbond substituents is 2. The van der Waals surface area contributed by atoms with Crippen molar-refractivity contribution in [2.24, 2.45) is 0 Å². The lowest BCUT2D eigenvalue weighted by Gasteiger charge is -2.03. The summed E-state index contributed by atoms with van der Waals surface area (Å²) in [5, 5.41) is 38.7. The number of carbonyl (C=O) groups excluding carboxylic acids is 1. The van der Waals surface area contributed by atoms with Crippen LogP contribution in [0.3, 0.4) is 0 Å². The Kier molecular flexibility index (Phi) is 2.72. The molecule has 0 spiro atoms. The van der Waals surface area contributed by atoms with Gasteiger partial charge in [-0.15, -0.1) is 0 Å². The highest BCUT2D eigenvalue weighted by Gasteiger charge is 2.19. The first-order valence-corrected chi connectivity index (χ1v) is 5.10. The largest absolute Gasteiger partial charge is 0.504 e. The van der Waals surface area contributed by atoms with Gasteiger partial charge in [-0.25, -0.2) is 4.79 Å². The van der Waals surface area contributed by atoms with Gasteiger partial charge in [0.1, 0.15) is 11.6 Å². The molecule has 110 valence electrons. The SMILES string of the molecule is [2H]C([2H])([2H])C([2H])([2H])C([2H])([2H])OC(=O)/C(C#N)=C/c1cc(O)c(O)c([N+](=O)[O-])c1. The Morgan fingerprint density at radius 3 is 2.95 bits per heavy atom. The van der Waals surface area contributed by atoms with Gasteiger partial charge < -0.3 is 14.9 Å². The normalized spacial score (nSPS) is 17.7. The van der Waals surface area contributed by atoms with E-state index in [1.54, 1.807) is 0 Å². The van der Waals surface area contributed by atoms with E-state index in [9.17, 15) is 25.1 Å². The number of hydrogen-bond acceptors (Lipinski definition) is 7. The van der Waals surface area contributed by atoms with E-state index in [1.807, 2.05) is 0 Å². The van der Waals surface area contributed by atoms with Crippen molar-refractivity contribution in [3.05, 3.63) is 33.4 Å². The molecule has 8 nitrogen and oxygen atoms in total. The zero-order valence-electron chi connectivity index (χ0n) is 17.2. The number of esters is 1. The number of hydrogen-bond donors (Lipinski definition) is 2. The highest BCUT2D eigenvalue weighted by molar-refractivity contribution is 5.98. The molecule has 8 heteroatoms. The molecule has 0 saturated heterocycles. The Labute approximate surface area is 129 Å². The standard InChI is InChI=1S/C13H12N2O6/c1-2-3-21-13(18)9(7-14)4-8-5-10(15(19)20)12(17)11(16)6-8/h4-6,16-17H,2-3H2,1H3/b9-4+/i1D3,2D2,3D2. The minimum absolute atomic E-state index is 0.324. The van der Waals surface area contributed by atoms with Crippen LogP contribution in [0.1, 0.15) is 28.4 Å². The van der Waals surface area contributed by atoms with E-state index in [4.69, 9.17) is 14.9 Å². The Morgan fingerprint density at radius 1 is 1.67 bits per heavy atom. The smallest absolute Gasteiger partial charge is 0.348 e. The van der Waals surface area contributed by atoms with Crippen LogP contribution in [0.5, 0.6) is 11.5 Å². The quantitative estimate of drug-likeness (QED) is 0.211. The maximum atomic E-state index is 12.0. The molecule has 0 aliphatic carbocycles. The molecule has 1 aromatic carbocycles. The molecule has 0 radical (unpaired) electrons. The third-order valence-corrected chi connectivity index (χ3v) is 2.13. The van der Waals surface area contributed by atoms with E-state index in [0.29, 0.717) is 12.1 Å². The minimum atomic E-state index is -3.66. The van der Waals surface area contributed by atoms with Gasteiger partial charge in [0.15, 0.2) is 5.75 Å². The topological polar surface area (TPSA) is 134 Å². The van der Waals surface area contributed by atoms with Crippen LogP contribution in [-0.4, -0.2) is 27.7 Å². The monoisotopic (exact) mass is 299 g/mol. The lowest BCUT2D eigenvalue weighted by molar-refractivity contribution is -0.386. The predicted octanol–water partition coefficient (Wildman–Crippen LogP) is 1.87. The molecule has 0 aromatic heterocycles. The van der Waals surface area contributed by atoms with Crippen LogP contribution >= 0.6 is 0 Å². The Morgan fingerprint density at radius 2 is 2.38 bits per heavy atom. The van der Waals surface area contributed by atoms with Crippen molar-refractivity contribution in [3.8, 4) is 17.6 Å². The summed E-state index contributed by atoms with van der Waals surface area (Å²) in [4.78, 5) is 21.8. The molecular formula is C13H12N2O6. The molecule has 2 N–H and O–H groups in total. The summed E-state index contributed by atoms with van der Waals surface area (Å²) in [6.07, 6.45) is -2.98. The predicted molar refractivity (Wildman–Crippen MR) is 71.3 cm³/mol. The second-order valence-corrected chi connectivity index (χ2v) is 3.45. The van der Waals surface area contributed by atoms with Crippen molar-refractivity contribution < 1.29 is 34.3 Å². The number of benzene rings is 1. The van der Waals surface area contributed by atoms with Gasteiger partial charge in [-0.2, -0.15) is 5.26 Å². The zero-order valence-corrected chi connectivity index (χ0v) is 10.2. The molecule has 0 unspecified atom stereocenters. The van der Waals surface area contributed by atoms with Gasteiger partial charge in [0.2, 0.25) is 5.75 Å². The van der Waals surface area contributed by atoms with Crippen molar-refractivity contribution in [1.82, 2.24) is 0 Å².